The molecule has 1 aromatic carbocycles. The van der Waals surface area contributed by atoms with Gasteiger partial charge in [0.2, 0.25) is 0 Å². The minimum Gasteiger partial charge on any atom is -0.465 e. The van der Waals surface area contributed by atoms with Gasteiger partial charge >= 0.3 is 6.09 Å². The van der Waals surface area contributed by atoms with Gasteiger partial charge in [-0.25, -0.2) is 9.18 Å². The number of aromatic nitrogens is 1. The second-order valence-electron chi connectivity index (χ2n) is 8.76. The van der Waals surface area contributed by atoms with E-state index in [9.17, 15) is 19.1 Å². The van der Waals surface area contributed by atoms with Crippen LogP contribution in [0.3, 0.4) is 0 Å². The number of hydrogen-bond acceptors (Lipinski definition) is 3. The highest BCUT2D eigenvalue weighted by Crippen LogP contribution is 2.29. The predicted octanol–water partition coefficient (Wildman–Crippen LogP) is 4.71. The highest BCUT2D eigenvalue weighted by Gasteiger charge is 2.36. The van der Waals surface area contributed by atoms with Crippen molar-refractivity contribution >= 4 is 12.0 Å². The first-order valence-corrected chi connectivity index (χ1v) is 10.2. The number of hydrogen-bond donors (Lipinski definition) is 2. The average Bonchev–Trinajstić information content (AvgIpc) is 2.67. The van der Waals surface area contributed by atoms with Gasteiger partial charge in [-0.1, -0.05) is 12.1 Å². The van der Waals surface area contributed by atoms with E-state index in [1.165, 1.54) is 23.2 Å². The number of carboxylic acid groups (broad SMARTS) is 1. The molecule has 0 unspecified atom stereocenters. The number of benzene rings is 1. The summed E-state index contributed by atoms with van der Waals surface area (Å²) in [6.07, 6.45) is 3.59. The Morgan fingerprint density at radius 1 is 1.20 bits per heavy atom. The largest absolute Gasteiger partial charge is 0.465 e. The van der Waals surface area contributed by atoms with Crippen molar-refractivity contribution in [2.45, 2.75) is 64.1 Å². The highest BCUT2D eigenvalue weighted by molar-refractivity contribution is 5.94. The zero-order valence-corrected chi connectivity index (χ0v) is 17.6. The lowest BCUT2D eigenvalue weighted by atomic mass is 9.87. The molecule has 1 aliphatic carbocycles. The second-order valence-corrected chi connectivity index (χ2v) is 8.76. The van der Waals surface area contributed by atoms with Gasteiger partial charge < -0.3 is 15.3 Å². The molecule has 6 nitrogen and oxygen atoms in total. The Kier molecular flexibility index (Phi) is 6.39. The summed E-state index contributed by atoms with van der Waals surface area (Å²) in [5, 5.41) is 12.7. The molecule has 0 bridgehead atoms. The maximum atomic E-state index is 13.4. The van der Waals surface area contributed by atoms with Crippen LogP contribution in [0.25, 0.3) is 11.3 Å². The first-order valence-electron chi connectivity index (χ1n) is 10.2. The maximum Gasteiger partial charge on any atom is 0.407 e. The highest BCUT2D eigenvalue weighted by atomic mass is 19.1. The van der Waals surface area contributed by atoms with Crippen molar-refractivity contribution in [2.24, 2.45) is 0 Å². The van der Waals surface area contributed by atoms with Crippen molar-refractivity contribution < 1.29 is 19.1 Å². The molecule has 1 saturated carbocycles. The lowest BCUT2D eigenvalue weighted by Gasteiger charge is -2.43. The fraction of sp³-hybridized carbons (Fsp3) is 0.435. The molecule has 1 aromatic heterocycles. The van der Waals surface area contributed by atoms with Gasteiger partial charge in [-0.15, -0.1) is 0 Å². The predicted molar refractivity (Wildman–Crippen MR) is 113 cm³/mol. The van der Waals surface area contributed by atoms with E-state index in [2.05, 4.69) is 10.3 Å². The first-order chi connectivity index (χ1) is 14.1. The van der Waals surface area contributed by atoms with Gasteiger partial charge in [0.15, 0.2) is 0 Å². The van der Waals surface area contributed by atoms with E-state index < -0.39 is 11.6 Å². The fourth-order valence-corrected chi connectivity index (χ4v) is 4.14. The van der Waals surface area contributed by atoms with Crippen molar-refractivity contribution in [1.82, 2.24) is 15.2 Å². The van der Waals surface area contributed by atoms with Gasteiger partial charge in [-0.3, -0.25) is 9.78 Å². The van der Waals surface area contributed by atoms with Crippen LogP contribution in [0.4, 0.5) is 9.18 Å². The molecule has 1 aliphatic rings. The fourth-order valence-electron chi connectivity index (χ4n) is 4.14. The summed E-state index contributed by atoms with van der Waals surface area (Å²) < 4.78 is 13.4. The zero-order chi connectivity index (χ0) is 21.9. The second kappa shape index (κ2) is 8.81. The van der Waals surface area contributed by atoms with Crippen LogP contribution < -0.4 is 5.32 Å². The van der Waals surface area contributed by atoms with Gasteiger partial charge in [0.1, 0.15) is 5.82 Å². The molecule has 0 aliphatic heterocycles. The molecule has 2 amide bonds. The van der Waals surface area contributed by atoms with Crippen molar-refractivity contribution in [1.29, 1.82) is 0 Å². The van der Waals surface area contributed by atoms with Crippen molar-refractivity contribution in [2.75, 3.05) is 0 Å². The number of carbonyl (C=O) groups is 2. The van der Waals surface area contributed by atoms with E-state index in [4.69, 9.17) is 0 Å². The molecule has 0 saturated heterocycles. The standard InChI is InChI=1S/C23H28FN3O3/c1-23(2,3)27(22(29)30)19-9-5-8-18(13-19)26-21(28)16-10-11-20(25-14-16)15-6-4-7-17(24)12-15/h4,6-7,10-12,14,18-19H,5,8-9,13H2,1-3H3,(H,26,28)(H,29,30)/t18-,19-/m0/s1. The SMILES string of the molecule is CC(C)(C)N(C(=O)O)[C@H]1CCC[C@H](NC(=O)c2ccc(-c3cccc(F)c3)nc2)C1. The minimum absolute atomic E-state index is 0.0941. The summed E-state index contributed by atoms with van der Waals surface area (Å²) >= 11 is 0. The van der Waals surface area contributed by atoms with Gasteiger partial charge in [-0.2, -0.15) is 0 Å². The maximum absolute atomic E-state index is 13.4. The Bertz CT molecular complexity index is 909. The van der Waals surface area contributed by atoms with Crippen LogP contribution >= 0.6 is 0 Å². The lowest BCUT2D eigenvalue weighted by molar-refractivity contribution is 0.0509. The molecule has 3 rings (SSSR count). The number of nitrogens with one attached hydrogen (secondary N) is 1. The Morgan fingerprint density at radius 2 is 1.97 bits per heavy atom. The van der Waals surface area contributed by atoms with Gasteiger partial charge in [-0.05, 0) is 70.7 Å². The molecule has 0 radical (unpaired) electrons. The number of amides is 2. The molecular weight excluding hydrogens is 385 g/mol. The normalized spacial score (nSPS) is 19.2. The molecule has 1 fully saturated rings. The number of pyridine rings is 1. The Hall–Kier alpha value is -2.96. The van der Waals surface area contributed by atoms with Crippen LogP contribution in [0, 0.1) is 5.82 Å². The number of carbonyl (C=O) groups excluding carboxylic acids is 1. The van der Waals surface area contributed by atoms with E-state index >= 15 is 0 Å². The van der Waals surface area contributed by atoms with E-state index in [0.717, 1.165) is 19.3 Å². The molecule has 7 heteroatoms. The molecule has 2 N–H and O–H groups in total. The summed E-state index contributed by atoms with van der Waals surface area (Å²) in [6.45, 7) is 5.65. The summed E-state index contributed by atoms with van der Waals surface area (Å²) in [6, 6.07) is 9.28. The number of nitrogens with zero attached hydrogens (tertiary/aromatic N) is 2. The van der Waals surface area contributed by atoms with E-state index in [1.54, 1.807) is 24.3 Å². The number of halogens is 1. The third-order valence-electron chi connectivity index (χ3n) is 5.42. The quantitative estimate of drug-likeness (QED) is 0.761. The van der Waals surface area contributed by atoms with E-state index in [-0.39, 0.29) is 23.8 Å². The first kappa shape index (κ1) is 21.7. The Morgan fingerprint density at radius 3 is 2.57 bits per heavy atom. The van der Waals surface area contributed by atoms with Crippen LogP contribution in [0.1, 0.15) is 56.8 Å². The van der Waals surface area contributed by atoms with Gasteiger partial charge in [0, 0.05) is 29.4 Å². The molecule has 1 heterocycles. The third kappa shape index (κ3) is 5.14. The lowest BCUT2D eigenvalue weighted by Crippen LogP contribution is -2.54. The summed E-state index contributed by atoms with van der Waals surface area (Å²) in [5.74, 6) is -0.579. The molecule has 2 aromatic rings. The van der Waals surface area contributed by atoms with Crippen molar-refractivity contribution in [3.63, 3.8) is 0 Å². The molecular formula is C23H28FN3O3. The molecule has 160 valence electrons. The smallest absolute Gasteiger partial charge is 0.407 e. The topological polar surface area (TPSA) is 82.5 Å². The van der Waals surface area contributed by atoms with Crippen LogP contribution in [-0.2, 0) is 0 Å². The summed E-state index contributed by atoms with van der Waals surface area (Å²) in [7, 11) is 0. The summed E-state index contributed by atoms with van der Waals surface area (Å²) in [4.78, 5) is 30.2. The molecule has 0 spiro atoms. The third-order valence-corrected chi connectivity index (χ3v) is 5.42. The molecule has 2 atom stereocenters. The minimum atomic E-state index is -0.934. The number of rotatable bonds is 4. The molecule has 30 heavy (non-hydrogen) atoms. The average molecular weight is 413 g/mol. The van der Waals surface area contributed by atoms with E-state index in [1.807, 2.05) is 20.8 Å². The van der Waals surface area contributed by atoms with E-state index in [0.29, 0.717) is 23.2 Å². The van der Waals surface area contributed by atoms with Crippen molar-refractivity contribution in [3.8, 4) is 11.3 Å². The Labute approximate surface area is 176 Å². The zero-order valence-electron chi connectivity index (χ0n) is 17.6. The Balaban J connectivity index is 1.66. The van der Waals surface area contributed by atoms with Crippen LogP contribution in [-0.4, -0.2) is 44.6 Å². The van der Waals surface area contributed by atoms with Crippen LogP contribution in [0.5, 0.6) is 0 Å². The monoisotopic (exact) mass is 413 g/mol. The van der Waals surface area contributed by atoms with Gasteiger partial charge in [0.25, 0.3) is 5.91 Å². The van der Waals surface area contributed by atoms with Crippen LogP contribution in [0.2, 0.25) is 0 Å². The van der Waals surface area contributed by atoms with Gasteiger partial charge in [0.05, 0.1) is 11.3 Å². The van der Waals surface area contributed by atoms with Crippen LogP contribution in [0.15, 0.2) is 42.6 Å². The summed E-state index contributed by atoms with van der Waals surface area (Å²) in [5.41, 5.74) is 1.15. The van der Waals surface area contributed by atoms with Crippen molar-refractivity contribution in [3.05, 3.63) is 54.0 Å².